The van der Waals surface area contributed by atoms with E-state index >= 15 is 0 Å². The van der Waals surface area contributed by atoms with Crippen molar-refractivity contribution in [3.8, 4) is 0 Å². The molecule has 0 bridgehead atoms. The topological polar surface area (TPSA) is 37.9 Å². The van der Waals surface area contributed by atoms with Gasteiger partial charge in [-0.15, -0.1) is 0 Å². The summed E-state index contributed by atoms with van der Waals surface area (Å²) >= 11 is 0. The molecule has 12 heavy (non-hydrogen) atoms. The SMILES string of the molecule is Cc1cn[nH]c1C1=CCOCC1. The minimum Gasteiger partial charge on any atom is -0.377 e. The van der Waals surface area contributed by atoms with Gasteiger partial charge in [-0.1, -0.05) is 6.08 Å². The maximum absolute atomic E-state index is 5.23. The number of aryl methyl sites for hydroxylation is 1. The lowest BCUT2D eigenvalue weighted by molar-refractivity contribution is 0.161. The Labute approximate surface area is 71.4 Å². The van der Waals surface area contributed by atoms with Crippen LogP contribution in [0.2, 0.25) is 0 Å². The molecule has 0 unspecified atom stereocenters. The van der Waals surface area contributed by atoms with Gasteiger partial charge in [0.25, 0.3) is 0 Å². The molecule has 2 rings (SSSR count). The Bertz CT molecular complexity index is 301. The monoisotopic (exact) mass is 164 g/mol. The first-order valence-electron chi connectivity index (χ1n) is 4.15. The summed E-state index contributed by atoms with van der Waals surface area (Å²) in [6.07, 6.45) is 4.96. The highest BCUT2D eigenvalue weighted by Gasteiger charge is 2.09. The molecule has 0 atom stereocenters. The first kappa shape index (κ1) is 7.55. The molecule has 0 saturated carbocycles. The molecule has 1 N–H and O–H groups in total. The summed E-state index contributed by atoms with van der Waals surface area (Å²) in [5, 5.41) is 6.99. The van der Waals surface area contributed by atoms with Gasteiger partial charge in [0.1, 0.15) is 0 Å². The largest absolute Gasteiger partial charge is 0.377 e. The number of nitrogens with one attached hydrogen (secondary N) is 1. The first-order valence-corrected chi connectivity index (χ1v) is 4.15. The van der Waals surface area contributed by atoms with Gasteiger partial charge in [-0.2, -0.15) is 5.10 Å². The summed E-state index contributed by atoms with van der Waals surface area (Å²) in [5.74, 6) is 0. The van der Waals surface area contributed by atoms with Crippen molar-refractivity contribution in [1.29, 1.82) is 0 Å². The Morgan fingerprint density at radius 3 is 3.08 bits per heavy atom. The molecule has 1 aromatic heterocycles. The normalized spacial score (nSPS) is 17.6. The van der Waals surface area contributed by atoms with Crippen LogP contribution < -0.4 is 0 Å². The highest BCUT2D eigenvalue weighted by molar-refractivity contribution is 5.65. The van der Waals surface area contributed by atoms with E-state index in [0.29, 0.717) is 0 Å². The number of hydrogen-bond donors (Lipinski definition) is 1. The number of ether oxygens (including phenoxy) is 1. The van der Waals surface area contributed by atoms with Gasteiger partial charge >= 0.3 is 0 Å². The van der Waals surface area contributed by atoms with Gasteiger partial charge in [0.05, 0.1) is 25.1 Å². The van der Waals surface area contributed by atoms with Crippen LogP contribution in [0, 0.1) is 6.92 Å². The van der Waals surface area contributed by atoms with E-state index in [9.17, 15) is 0 Å². The van der Waals surface area contributed by atoms with E-state index in [1.165, 1.54) is 16.8 Å². The Morgan fingerprint density at radius 1 is 1.58 bits per heavy atom. The van der Waals surface area contributed by atoms with E-state index < -0.39 is 0 Å². The molecular weight excluding hydrogens is 152 g/mol. The highest BCUT2D eigenvalue weighted by Crippen LogP contribution is 2.21. The predicted octanol–water partition coefficient (Wildman–Crippen LogP) is 1.52. The van der Waals surface area contributed by atoms with Crippen LogP contribution in [0.4, 0.5) is 0 Å². The summed E-state index contributed by atoms with van der Waals surface area (Å²) in [4.78, 5) is 0. The molecule has 1 aliphatic rings. The van der Waals surface area contributed by atoms with Crippen LogP contribution >= 0.6 is 0 Å². The maximum Gasteiger partial charge on any atom is 0.0654 e. The van der Waals surface area contributed by atoms with Crippen LogP contribution in [0.1, 0.15) is 17.7 Å². The van der Waals surface area contributed by atoms with Gasteiger partial charge in [-0.3, -0.25) is 5.10 Å². The molecular formula is C9H12N2O. The molecule has 3 heteroatoms. The summed E-state index contributed by atoms with van der Waals surface area (Å²) in [7, 11) is 0. The van der Waals surface area contributed by atoms with Crippen LogP contribution in [0.3, 0.4) is 0 Å². The lowest BCUT2D eigenvalue weighted by atomic mass is 10.1. The molecule has 0 amide bonds. The molecule has 2 heterocycles. The first-order chi connectivity index (χ1) is 5.88. The van der Waals surface area contributed by atoms with Crippen molar-refractivity contribution in [3.05, 3.63) is 23.5 Å². The Hall–Kier alpha value is -1.09. The molecule has 3 nitrogen and oxygen atoms in total. The van der Waals surface area contributed by atoms with Crippen molar-refractivity contribution in [2.24, 2.45) is 0 Å². The van der Waals surface area contributed by atoms with E-state index in [0.717, 1.165) is 19.6 Å². The van der Waals surface area contributed by atoms with Crippen molar-refractivity contribution in [2.75, 3.05) is 13.2 Å². The van der Waals surface area contributed by atoms with Gasteiger partial charge in [0.2, 0.25) is 0 Å². The number of aromatic nitrogens is 2. The van der Waals surface area contributed by atoms with Crippen LogP contribution in [0.5, 0.6) is 0 Å². The van der Waals surface area contributed by atoms with E-state index in [4.69, 9.17) is 4.74 Å². The third-order valence-corrected chi connectivity index (χ3v) is 2.11. The van der Waals surface area contributed by atoms with Crippen molar-refractivity contribution in [1.82, 2.24) is 10.2 Å². The van der Waals surface area contributed by atoms with Gasteiger partial charge in [-0.25, -0.2) is 0 Å². The molecule has 0 radical (unpaired) electrons. The molecule has 64 valence electrons. The van der Waals surface area contributed by atoms with Gasteiger partial charge in [0.15, 0.2) is 0 Å². The molecule has 1 aromatic rings. The van der Waals surface area contributed by atoms with Crippen molar-refractivity contribution < 1.29 is 4.74 Å². The highest BCUT2D eigenvalue weighted by atomic mass is 16.5. The molecule has 1 aliphatic heterocycles. The van der Waals surface area contributed by atoms with Crippen molar-refractivity contribution in [3.63, 3.8) is 0 Å². The third-order valence-electron chi connectivity index (χ3n) is 2.11. The minimum atomic E-state index is 0.730. The second-order valence-electron chi connectivity index (χ2n) is 2.98. The Balaban J connectivity index is 2.29. The van der Waals surface area contributed by atoms with Crippen LogP contribution in [0.25, 0.3) is 5.57 Å². The van der Waals surface area contributed by atoms with E-state index in [1.54, 1.807) is 0 Å². The van der Waals surface area contributed by atoms with Crippen LogP contribution in [-0.4, -0.2) is 23.4 Å². The number of rotatable bonds is 1. The van der Waals surface area contributed by atoms with E-state index in [2.05, 4.69) is 23.2 Å². The van der Waals surface area contributed by atoms with Crippen LogP contribution in [0.15, 0.2) is 12.3 Å². The van der Waals surface area contributed by atoms with Crippen molar-refractivity contribution >= 4 is 5.57 Å². The fraction of sp³-hybridized carbons (Fsp3) is 0.444. The summed E-state index contributed by atoms with van der Waals surface area (Å²) in [5.41, 5.74) is 3.71. The second kappa shape index (κ2) is 3.11. The number of nitrogens with zero attached hydrogens (tertiary/aromatic N) is 1. The Kier molecular flexibility index (Phi) is 1.96. The fourth-order valence-electron chi connectivity index (χ4n) is 1.43. The zero-order valence-electron chi connectivity index (χ0n) is 7.13. The Morgan fingerprint density at radius 2 is 2.50 bits per heavy atom. The summed E-state index contributed by atoms with van der Waals surface area (Å²) in [6.45, 7) is 3.62. The molecule has 0 spiro atoms. The lowest BCUT2D eigenvalue weighted by Gasteiger charge is -2.12. The zero-order chi connectivity index (χ0) is 8.39. The summed E-state index contributed by atoms with van der Waals surface area (Å²) < 4.78 is 5.23. The average Bonchev–Trinajstić information content (AvgIpc) is 2.53. The summed E-state index contributed by atoms with van der Waals surface area (Å²) in [6, 6.07) is 0. The molecule has 0 aromatic carbocycles. The van der Waals surface area contributed by atoms with Gasteiger partial charge in [-0.05, 0) is 24.5 Å². The number of H-pyrrole nitrogens is 1. The van der Waals surface area contributed by atoms with E-state index in [-0.39, 0.29) is 0 Å². The second-order valence-corrected chi connectivity index (χ2v) is 2.98. The quantitative estimate of drug-likeness (QED) is 0.683. The fourth-order valence-corrected chi connectivity index (χ4v) is 1.43. The standard InChI is InChI=1S/C9H12N2O/c1-7-6-10-11-9(7)8-2-4-12-5-3-8/h2,6H,3-5H2,1H3,(H,10,11). The number of aromatic amines is 1. The molecule has 0 fully saturated rings. The van der Waals surface area contributed by atoms with Crippen LogP contribution in [-0.2, 0) is 4.74 Å². The molecule has 0 saturated heterocycles. The van der Waals surface area contributed by atoms with E-state index in [1.807, 2.05) is 6.20 Å². The average molecular weight is 164 g/mol. The van der Waals surface area contributed by atoms with Gasteiger partial charge < -0.3 is 4.74 Å². The molecule has 0 aliphatic carbocycles. The lowest BCUT2D eigenvalue weighted by Crippen LogP contribution is -2.04. The third kappa shape index (κ3) is 1.28. The smallest absolute Gasteiger partial charge is 0.0654 e. The zero-order valence-corrected chi connectivity index (χ0v) is 7.13. The minimum absolute atomic E-state index is 0.730. The van der Waals surface area contributed by atoms with Crippen molar-refractivity contribution in [2.45, 2.75) is 13.3 Å². The maximum atomic E-state index is 5.23. The number of hydrogen-bond acceptors (Lipinski definition) is 2. The van der Waals surface area contributed by atoms with Gasteiger partial charge in [0, 0.05) is 0 Å². The predicted molar refractivity (Wildman–Crippen MR) is 46.7 cm³/mol.